The molecule has 6 heteroatoms. The summed E-state index contributed by atoms with van der Waals surface area (Å²) >= 11 is 6.02. The molecule has 0 saturated carbocycles. The van der Waals surface area contributed by atoms with Crippen LogP contribution in [-0.2, 0) is 17.8 Å². The Balaban J connectivity index is 1.82. The fraction of sp³-hybridized carbons (Fsp3) is 0.333. The molecule has 0 radical (unpaired) electrons. The minimum absolute atomic E-state index is 0.0557. The van der Waals surface area contributed by atoms with Crippen molar-refractivity contribution >= 4 is 28.9 Å². The van der Waals surface area contributed by atoms with Gasteiger partial charge in [-0.25, -0.2) is 4.98 Å². The van der Waals surface area contributed by atoms with Gasteiger partial charge < -0.3 is 15.6 Å². The monoisotopic (exact) mass is 306 g/mol. The van der Waals surface area contributed by atoms with E-state index >= 15 is 0 Å². The lowest BCUT2D eigenvalue weighted by Crippen LogP contribution is -2.13. The number of carbonyl (C=O) groups excluding carboxylic acids is 1. The van der Waals surface area contributed by atoms with E-state index in [2.05, 4.69) is 21.8 Å². The van der Waals surface area contributed by atoms with Crippen molar-refractivity contribution in [2.75, 3.05) is 11.1 Å². The second-order valence-electron chi connectivity index (χ2n) is 4.78. The number of hydrogen-bond donors (Lipinski definition) is 2. The molecular formula is C15H19ClN4O. The standard InChI is InChI=1S/C15H19ClN4O/c1-2-14-18-7-9-20(14)8-3-4-15(21)19-13-6-5-11(17)10-12(13)16/h5-7,9-10H,2-4,8,17H2,1H3,(H,19,21). The number of aromatic nitrogens is 2. The summed E-state index contributed by atoms with van der Waals surface area (Å²) < 4.78 is 2.07. The van der Waals surface area contributed by atoms with Crippen LogP contribution < -0.4 is 11.1 Å². The molecule has 1 heterocycles. The molecule has 2 aromatic rings. The summed E-state index contributed by atoms with van der Waals surface area (Å²) in [6, 6.07) is 5.04. The summed E-state index contributed by atoms with van der Waals surface area (Å²) in [6.45, 7) is 2.85. The van der Waals surface area contributed by atoms with Crippen LogP contribution >= 0.6 is 11.6 Å². The first kappa shape index (κ1) is 15.4. The van der Waals surface area contributed by atoms with Crippen LogP contribution in [0.5, 0.6) is 0 Å². The van der Waals surface area contributed by atoms with E-state index in [-0.39, 0.29) is 5.91 Å². The average molecular weight is 307 g/mol. The molecule has 5 nitrogen and oxygen atoms in total. The van der Waals surface area contributed by atoms with E-state index in [1.54, 1.807) is 24.4 Å². The maximum absolute atomic E-state index is 11.9. The Kier molecular flexibility index (Phi) is 5.22. The lowest BCUT2D eigenvalue weighted by atomic mass is 10.2. The molecule has 0 atom stereocenters. The summed E-state index contributed by atoms with van der Waals surface area (Å²) in [7, 11) is 0. The number of amides is 1. The van der Waals surface area contributed by atoms with Gasteiger partial charge in [-0.05, 0) is 24.6 Å². The van der Waals surface area contributed by atoms with Crippen molar-refractivity contribution in [1.29, 1.82) is 0 Å². The smallest absolute Gasteiger partial charge is 0.224 e. The van der Waals surface area contributed by atoms with Gasteiger partial charge in [-0.1, -0.05) is 18.5 Å². The molecule has 1 amide bonds. The number of nitrogens with two attached hydrogens (primary N) is 1. The molecule has 112 valence electrons. The Morgan fingerprint density at radius 1 is 1.48 bits per heavy atom. The molecule has 0 saturated heterocycles. The van der Waals surface area contributed by atoms with Gasteiger partial charge in [-0.2, -0.15) is 0 Å². The Morgan fingerprint density at radius 3 is 3.00 bits per heavy atom. The molecule has 0 spiro atoms. The Hall–Kier alpha value is -2.01. The van der Waals surface area contributed by atoms with Crippen molar-refractivity contribution in [3.63, 3.8) is 0 Å². The van der Waals surface area contributed by atoms with Crippen molar-refractivity contribution in [1.82, 2.24) is 9.55 Å². The van der Waals surface area contributed by atoms with E-state index in [4.69, 9.17) is 17.3 Å². The second kappa shape index (κ2) is 7.13. The summed E-state index contributed by atoms with van der Waals surface area (Å²) in [6.07, 6.45) is 5.80. The number of imidazole rings is 1. The highest BCUT2D eigenvalue weighted by molar-refractivity contribution is 6.34. The van der Waals surface area contributed by atoms with Crippen LogP contribution in [0, 0.1) is 0 Å². The number of nitrogens with one attached hydrogen (secondary N) is 1. The third-order valence-electron chi connectivity index (χ3n) is 3.19. The number of nitrogen functional groups attached to an aromatic ring is 1. The minimum atomic E-state index is -0.0557. The van der Waals surface area contributed by atoms with E-state index in [0.29, 0.717) is 22.8 Å². The third-order valence-corrected chi connectivity index (χ3v) is 3.50. The first-order valence-corrected chi connectivity index (χ1v) is 7.33. The van der Waals surface area contributed by atoms with Crippen LogP contribution in [0.4, 0.5) is 11.4 Å². The van der Waals surface area contributed by atoms with Crippen LogP contribution in [0.3, 0.4) is 0 Å². The number of carbonyl (C=O) groups is 1. The van der Waals surface area contributed by atoms with Gasteiger partial charge in [-0.15, -0.1) is 0 Å². The van der Waals surface area contributed by atoms with Crippen molar-refractivity contribution in [3.05, 3.63) is 41.4 Å². The van der Waals surface area contributed by atoms with Crippen molar-refractivity contribution < 1.29 is 4.79 Å². The van der Waals surface area contributed by atoms with E-state index < -0.39 is 0 Å². The summed E-state index contributed by atoms with van der Waals surface area (Å²) in [5, 5.41) is 3.25. The average Bonchev–Trinajstić information content (AvgIpc) is 2.89. The maximum atomic E-state index is 11.9. The van der Waals surface area contributed by atoms with Gasteiger partial charge in [0.25, 0.3) is 0 Å². The molecule has 2 rings (SSSR count). The van der Waals surface area contributed by atoms with Crippen LogP contribution in [0.15, 0.2) is 30.6 Å². The van der Waals surface area contributed by atoms with E-state index in [1.165, 1.54) is 0 Å². The Labute approximate surface area is 129 Å². The molecule has 0 aliphatic carbocycles. The largest absolute Gasteiger partial charge is 0.399 e. The Morgan fingerprint density at radius 2 is 2.29 bits per heavy atom. The van der Waals surface area contributed by atoms with Gasteiger partial charge in [0.1, 0.15) is 5.82 Å². The normalized spacial score (nSPS) is 10.6. The van der Waals surface area contributed by atoms with Gasteiger partial charge in [0, 0.05) is 37.5 Å². The molecule has 1 aromatic carbocycles. The fourth-order valence-corrected chi connectivity index (χ4v) is 2.35. The van der Waals surface area contributed by atoms with E-state index in [1.807, 2.05) is 6.20 Å². The number of benzene rings is 1. The second-order valence-corrected chi connectivity index (χ2v) is 5.19. The molecule has 1 aromatic heterocycles. The van der Waals surface area contributed by atoms with Crippen LogP contribution in [0.2, 0.25) is 5.02 Å². The highest BCUT2D eigenvalue weighted by Crippen LogP contribution is 2.24. The zero-order valence-electron chi connectivity index (χ0n) is 12.0. The lowest BCUT2D eigenvalue weighted by Gasteiger charge is -2.09. The third kappa shape index (κ3) is 4.23. The number of hydrogen-bond acceptors (Lipinski definition) is 3. The first-order chi connectivity index (χ1) is 10.1. The molecule has 21 heavy (non-hydrogen) atoms. The van der Waals surface area contributed by atoms with Gasteiger partial charge in [0.2, 0.25) is 5.91 Å². The number of nitrogens with zero attached hydrogens (tertiary/aromatic N) is 2. The van der Waals surface area contributed by atoms with Crippen molar-refractivity contribution in [2.45, 2.75) is 32.7 Å². The molecule has 0 bridgehead atoms. The van der Waals surface area contributed by atoms with Gasteiger partial charge in [0.15, 0.2) is 0 Å². The topological polar surface area (TPSA) is 72.9 Å². The number of anilines is 2. The number of aryl methyl sites for hydroxylation is 2. The van der Waals surface area contributed by atoms with E-state index in [0.717, 1.165) is 25.2 Å². The van der Waals surface area contributed by atoms with Crippen molar-refractivity contribution in [2.24, 2.45) is 0 Å². The number of rotatable bonds is 6. The summed E-state index contributed by atoms with van der Waals surface area (Å²) in [4.78, 5) is 16.2. The maximum Gasteiger partial charge on any atom is 0.224 e. The van der Waals surface area contributed by atoms with Gasteiger partial charge >= 0.3 is 0 Å². The predicted octanol–water partition coefficient (Wildman–Crippen LogP) is 3.10. The highest BCUT2D eigenvalue weighted by Gasteiger charge is 2.07. The van der Waals surface area contributed by atoms with Crippen LogP contribution in [0.1, 0.15) is 25.6 Å². The van der Waals surface area contributed by atoms with Gasteiger partial charge in [0.05, 0.1) is 10.7 Å². The zero-order valence-corrected chi connectivity index (χ0v) is 12.7. The van der Waals surface area contributed by atoms with Crippen LogP contribution in [0.25, 0.3) is 0 Å². The fourth-order valence-electron chi connectivity index (χ4n) is 2.11. The zero-order chi connectivity index (χ0) is 15.2. The molecular weight excluding hydrogens is 288 g/mol. The summed E-state index contributed by atoms with van der Waals surface area (Å²) in [5.41, 5.74) is 6.78. The first-order valence-electron chi connectivity index (χ1n) is 6.95. The molecule has 0 unspecified atom stereocenters. The minimum Gasteiger partial charge on any atom is -0.399 e. The quantitative estimate of drug-likeness (QED) is 0.805. The van der Waals surface area contributed by atoms with E-state index in [9.17, 15) is 4.79 Å². The molecule has 0 aliphatic rings. The lowest BCUT2D eigenvalue weighted by molar-refractivity contribution is -0.116. The molecule has 0 aliphatic heterocycles. The molecule has 3 N–H and O–H groups in total. The molecule has 0 fully saturated rings. The highest BCUT2D eigenvalue weighted by atomic mass is 35.5. The van der Waals surface area contributed by atoms with Crippen molar-refractivity contribution in [3.8, 4) is 0 Å². The SMILES string of the molecule is CCc1nccn1CCCC(=O)Nc1ccc(N)cc1Cl. The number of halogens is 1. The predicted molar refractivity (Wildman–Crippen MR) is 85.3 cm³/mol. The summed E-state index contributed by atoms with van der Waals surface area (Å²) in [5.74, 6) is 0.983. The van der Waals surface area contributed by atoms with Crippen LogP contribution in [-0.4, -0.2) is 15.5 Å². The Bertz CT molecular complexity index is 624. The van der Waals surface area contributed by atoms with Gasteiger partial charge in [-0.3, -0.25) is 4.79 Å².